The smallest absolute Gasteiger partial charge is 0.222 e. The van der Waals surface area contributed by atoms with Crippen LogP contribution in [0, 0.1) is 0 Å². The molecule has 1 aliphatic rings. The van der Waals surface area contributed by atoms with Crippen LogP contribution in [0.3, 0.4) is 0 Å². The molecule has 25 heavy (non-hydrogen) atoms. The summed E-state index contributed by atoms with van der Waals surface area (Å²) in [5.41, 5.74) is 2.26. The molecule has 5 heteroatoms. The Morgan fingerprint density at radius 1 is 1.36 bits per heavy atom. The minimum absolute atomic E-state index is 0.284. The Balaban J connectivity index is 1.80. The van der Waals surface area contributed by atoms with E-state index in [-0.39, 0.29) is 5.91 Å². The molecule has 1 fully saturated rings. The van der Waals surface area contributed by atoms with Crippen LogP contribution in [0.2, 0.25) is 0 Å². The number of nitrogens with one attached hydrogen (secondary N) is 1. The van der Waals surface area contributed by atoms with Gasteiger partial charge in [0.15, 0.2) is 0 Å². The van der Waals surface area contributed by atoms with E-state index in [4.69, 9.17) is 4.98 Å². The standard InChI is InChI=1S/C20H30N4O/c1-15(2)24-18-10-5-4-9-17(18)22-20(24)16-8-7-13-23(14-16)19(25)11-6-12-21-3/h4-5,9-10,15-16,21H,6-8,11-14H2,1-3H3. The van der Waals surface area contributed by atoms with Gasteiger partial charge in [0.1, 0.15) is 5.82 Å². The van der Waals surface area contributed by atoms with Crippen LogP contribution in [0.25, 0.3) is 11.0 Å². The Hall–Kier alpha value is -1.88. The molecule has 0 bridgehead atoms. The van der Waals surface area contributed by atoms with Gasteiger partial charge >= 0.3 is 0 Å². The molecule has 1 aromatic heterocycles. The fourth-order valence-electron chi connectivity index (χ4n) is 3.88. The third-order valence-electron chi connectivity index (χ3n) is 5.10. The van der Waals surface area contributed by atoms with Crippen molar-refractivity contribution in [2.45, 2.75) is 51.5 Å². The number of aromatic nitrogens is 2. The number of para-hydroxylation sites is 2. The maximum atomic E-state index is 12.5. The molecule has 0 spiro atoms. The zero-order chi connectivity index (χ0) is 17.8. The molecule has 0 aliphatic carbocycles. The molecule has 0 saturated carbocycles. The molecular formula is C20H30N4O. The first-order valence-electron chi connectivity index (χ1n) is 9.51. The topological polar surface area (TPSA) is 50.2 Å². The van der Waals surface area contributed by atoms with E-state index >= 15 is 0 Å². The monoisotopic (exact) mass is 342 g/mol. The highest BCUT2D eigenvalue weighted by molar-refractivity contribution is 5.77. The Kier molecular flexibility index (Phi) is 5.74. The van der Waals surface area contributed by atoms with Crippen LogP contribution in [0.5, 0.6) is 0 Å². The van der Waals surface area contributed by atoms with Crippen LogP contribution in [0.15, 0.2) is 24.3 Å². The summed E-state index contributed by atoms with van der Waals surface area (Å²) in [6.07, 6.45) is 3.70. The lowest BCUT2D eigenvalue weighted by Gasteiger charge is -2.33. The van der Waals surface area contributed by atoms with Gasteiger partial charge in [0.25, 0.3) is 0 Å². The first-order chi connectivity index (χ1) is 12.1. The molecule has 2 heterocycles. The maximum absolute atomic E-state index is 12.5. The van der Waals surface area contributed by atoms with Crippen molar-refractivity contribution < 1.29 is 4.79 Å². The van der Waals surface area contributed by atoms with Crippen molar-refractivity contribution in [3.05, 3.63) is 30.1 Å². The van der Waals surface area contributed by atoms with E-state index < -0.39 is 0 Å². The van der Waals surface area contributed by atoms with Crippen LogP contribution < -0.4 is 5.32 Å². The number of fused-ring (bicyclic) bond motifs is 1. The summed E-state index contributed by atoms with van der Waals surface area (Å²) in [5, 5.41) is 3.11. The van der Waals surface area contributed by atoms with E-state index in [0.29, 0.717) is 18.4 Å². The van der Waals surface area contributed by atoms with E-state index in [1.165, 1.54) is 5.52 Å². The average molecular weight is 342 g/mol. The van der Waals surface area contributed by atoms with Crippen molar-refractivity contribution in [1.82, 2.24) is 19.8 Å². The molecule has 136 valence electrons. The molecule has 1 N–H and O–H groups in total. The van der Waals surface area contributed by atoms with Gasteiger partial charge in [-0.3, -0.25) is 4.79 Å². The molecule has 2 aromatic rings. The third kappa shape index (κ3) is 3.87. The highest BCUT2D eigenvalue weighted by atomic mass is 16.2. The summed E-state index contributed by atoms with van der Waals surface area (Å²) in [7, 11) is 1.93. The summed E-state index contributed by atoms with van der Waals surface area (Å²) in [4.78, 5) is 19.5. The minimum Gasteiger partial charge on any atom is -0.342 e. The van der Waals surface area contributed by atoms with Crippen molar-refractivity contribution in [1.29, 1.82) is 0 Å². The second kappa shape index (κ2) is 8.00. The molecule has 0 radical (unpaired) electrons. The van der Waals surface area contributed by atoms with Gasteiger partial charge in [0.2, 0.25) is 5.91 Å². The predicted octanol–water partition coefficient (Wildman–Crippen LogP) is 3.32. The largest absolute Gasteiger partial charge is 0.342 e. The number of likely N-dealkylation sites (tertiary alicyclic amines) is 1. The van der Waals surface area contributed by atoms with Gasteiger partial charge < -0.3 is 14.8 Å². The Labute approximate surface area is 150 Å². The van der Waals surface area contributed by atoms with Crippen LogP contribution in [0.4, 0.5) is 0 Å². The van der Waals surface area contributed by atoms with Gasteiger partial charge in [-0.05, 0) is 58.8 Å². The number of imidazole rings is 1. The lowest BCUT2D eigenvalue weighted by Crippen LogP contribution is -2.40. The quantitative estimate of drug-likeness (QED) is 0.819. The van der Waals surface area contributed by atoms with Gasteiger partial charge in [-0.1, -0.05) is 12.1 Å². The number of piperidine rings is 1. The molecule has 3 rings (SSSR count). The fourth-order valence-corrected chi connectivity index (χ4v) is 3.88. The van der Waals surface area contributed by atoms with Crippen molar-refractivity contribution in [3.63, 3.8) is 0 Å². The Morgan fingerprint density at radius 2 is 2.16 bits per heavy atom. The minimum atomic E-state index is 0.284. The number of rotatable bonds is 6. The molecule has 1 aliphatic heterocycles. The Morgan fingerprint density at radius 3 is 2.92 bits per heavy atom. The van der Waals surface area contributed by atoms with E-state index in [1.54, 1.807) is 0 Å². The molecule has 5 nitrogen and oxygen atoms in total. The van der Waals surface area contributed by atoms with Gasteiger partial charge in [0.05, 0.1) is 11.0 Å². The number of carbonyl (C=O) groups is 1. The third-order valence-corrected chi connectivity index (χ3v) is 5.10. The molecule has 1 amide bonds. The summed E-state index contributed by atoms with van der Waals surface area (Å²) in [6, 6.07) is 8.72. The normalized spacial score (nSPS) is 18.2. The predicted molar refractivity (Wildman–Crippen MR) is 102 cm³/mol. The van der Waals surface area contributed by atoms with Crippen molar-refractivity contribution in [2.75, 3.05) is 26.7 Å². The average Bonchev–Trinajstić information content (AvgIpc) is 3.02. The number of amides is 1. The van der Waals surface area contributed by atoms with Gasteiger partial charge in [-0.25, -0.2) is 4.98 Å². The van der Waals surface area contributed by atoms with E-state index in [0.717, 1.165) is 50.2 Å². The fraction of sp³-hybridized carbons (Fsp3) is 0.600. The number of hydrogen-bond donors (Lipinski definition) is 1. The van der Waals surface area contributed by atoms with Crippen LogP contribution >= 0.6 is 0 Å². The lowest BCUT2D eigenvalue weighted by atomic mass is 9.96. The zero-order valence-corrected chi connectivity index (χ0v) is 15.7. The van der Waals surface area contributed by atoms with Crippen molar-refractivity contribution in [2.24, 2.45) is 0 Å². The Bertz CT molecular complexity index is 722. The van der Waals surface area contributed by atoms with Crippen molar-refractivity contribution >= 4 is 16.9 Å². The highest BCUT2D eigenvalue weighted by Gasteiger charge is 2.28. The SMILES string of the molecule is CNCCCC(=O)N1CCCC(c2nc3ccccc3n2C(C)C)C1. The lowest BCUT2D eigenvalue weighted by molar-refractivity contribution is -0.132. The summed E-state index contributed by atoms with van der Waals surface area (Å²) in [5.74, 6) is 1.76. The summed E-state index contributed by atoms with van der Waals surface area (Å²) in [6.45, 7) is 7.00. The van der Waals surface area contributed by atoms with Gasteiger partial charge in [-0.2, -0.15) is 0 Å². The number of nitrogens with zero attached hydrogens (tertiary/aromatic N) is 3. The molecule has 1 saturated heterocycles. The first kappa shape index (κ1) is 17.9. The molecule has 1 aromatic carbocycles. The number of hydrogen-bond acceptors (Lipinski definition) is 3. The van der Waals surface area contributed by atoms with Crippen LogP contribution in [-0.2, 0) is 4.79 Å². The van der Waals surface area contributed by atoms with Crippen LogP contribution in [-0.4, -0.2) is 47.0 Å². The zero-order valence-electron chi connectivity index (χ0n) is 15.7. The second-order valence-corrected chi connectivity index (χ2v) is 7.31. The highest BCUT2D eigenvalue weighted by Crippen LogP contribution is 2.31. The van der Waals surface area contributed by atoms with E-state index in [1.807, 2.05) is 18.0 Å². The summed E-state index contributed by atoms with van der Waals surface area (Å²) < 4.78 is 2.36. The maximum Gasteiger partial charge on any atom is 0.222 e. The van der Waals surface area contributed by atoms with Crippen LogP contribution in [0.1, 0.15) is 57.3 Å². The van der Waals surface area contributed by atoms with E-state index in [9.17, 15) is 4.79 Å². The first-order valence-corrected chi connectivity index (χ1v) is 9.51. The molecule has 1 unspecified atom stereocenters. The summed E-state index contributed by atoms with van der Waals surface area (Å²) >= 11 is 0. The second-order valence-electron chi connectivity index (χ2n) is 7.31. The van der Waals surface area contributed by atoms with Crippen molar-refractivity contribution in [3.8, 4) is 0 Å². The van der Waals surface area contributed by atoms with Gasteiger partial charge in [0, 0.05) is 31.5 Å². The van der Waals surface area contributed by atoms with E-state index in [2.05, 4.69) is 41.9 Å². The molecule has 1 atom stereocenters. The number of carbonyl (C=O) groups excluding carboxylic acids is 1. The molecular weight excluding hydrogens is 312 g/mol. The van der Waals surface area contributed by atoms with Gasteiger partial charge in [-0.15, -0.1) is 0 Å². The number of benzene rings is 1.